The van der Waals surface area contributed by atoms with E-state index in [1.807, 2.05) is 0 Å². The fourth-order valence-corrected chi connectivity index (χ4v) is 9.43. The van der Waals surface area contributed by atoms with Crippen molar-refractivity contribution in [2.24, 2.45) is 0 Å². The van der Waals surface area contributed by atoms with Crippen LogP contribution < -0.4 is 4.57 Å². The fourth-order valence-electron chi connectivity index (χ4n) is 9.43. The Morgan fingerprint density at radius 3 is 0.839 bits per heavy atom. The van der Waals surface area contributed by atoms with Crippen molar-refractivity contribution in [3.8, 4) is 0 Å². The van der Waals surface area contributed by atoms with Crippen molar-refractivity contribution < 1.29 is 4.57 Å². The monoisotopic (exact) mass is 784 g/mol. The number of unbranched alkanes of at least 4 members (excludes halogenated alkanes) is 39. The van der Waals surface area contributed by atoms with Gasteiger partial charge in [-0.1, -0.05) is 284 Å². The lowest BCUT2D eigenvalue weighted by Crippen LogP contribution is -2.41. The third kappa shape index (κ3) is 34.1. The highest BCUT2D eigenvalue weighted by Gasteiger charge is 2.25. The Hall–Kier alpha value is -0.790. The van der Waals surface area contributed by atoms with Gasteiger partial charge >= 0.3 is 0 Å². The van der Waals surface area contributed by atoms with E-state index in [1.54, 1.807) is 5.82 Å². The Morgan fingerprint density at radius 1 is 0.339 bits per heavy atom. The smallest absolute Gasteiger partial charge is 0.247 e. The molecule has 332 valence electrons. The number of H-pyrrole nitrogens is 1. The zero-order chi connectivity index (χ0) is 40.3. The molecule has 2 heteroatoms. The Bertz CT molecular complexity index is 858. The molecular formula is C54H107N2+. The molecule has 0 amide bonds. The van der Waals surface area contributed by atoms with E-state index in [0.717, 1.165) is 0 Å². The Kier molecular flexibility index (Phi) is 41.6. The molecule has 56 heavy (non-hydrogen) atoms. The summed E-state index contributed by atoms with van der Waals surface area (Å²) in [5.74, 6) is 2.26. The molecule has 0 aliphatic carbocycles. The van der Waals surface area contributed by atoms with Crippen LogP contribution in [0.2, 0.25) is 0 Å². The summed E-state index contributed by atoms with van der Waals surface area (Å²) < 4.78 is 2.67. The summed E-state index contributed by atoms with van der Waals surface area (Å²) in [6, 6.07) is 0.615. The number of aromatic nitrogens is 2. The van der Waals surface area contributed by atoms with Crippen molar-refractivity contribution in [2.75, 3.05) is 0 Å². The van der Waals surface area contributed by atoms with Gasteiger partial charge in [0.1, 0.15) is 12.4 Å². The second-order valence-corrected chi connectivity index (χ2v) is 19.0. The number of rotatable bonds is 47. The molecule has 1 rings (SSSR count). The van der Waals surface area contributed by atoms with Crippen LogP contribution in [0.3, 0.4) is 0 Å². The minimum Gasteiger partial charge on any atom is -0.247 e. The maximum absolute atomic E-state index is 3.80. The highest BCUT2D eigenvalue weighted by Crippen LogP contribution is 2.28. The third-order valence-corrected chi connectivity index (χ3v) is 13.4. The number of hydrogen-bond donors (Lipinski definition) is 1. The molecule has 0 saturated carbocycles. The van der Waals surface area contributed by atoms with Crippen molar-refractivity contribution in [1.29, 1.82) is 0 Å². The standard InChI is InChI=1S/C54H106N2/c1-5-8-11-14-17-20-23-26-28-29-31-34-37-40-43-46-49-53(48-45-42-39-36-33-25-22-19-16-13-10-7-3)54-55-50-51-56(54)52(4)47-44-41-38-35-32-30-27-24-21-18-15-12-9-6-2/h50-53H,5-49H2,1-4H3/p+1. The summed E-state index contributed by atoms with van der Waals surface area (Å²) in [4.78, 5) is 3.80. The average Bonchev–Trinajstić information content (AvgIpc) is 3.70. The maximum atomic E-state index is 3.80. The summed E-state index contributed by atoms with van der Waals surface area (Å²) >= 11 is 0. The fraction of sp³-hybridized carbons (Fsp3) is 0.944. The lowest BCUT2D eigenvalue weighted by molar-refractivity contribution is -0.727. The van der Waals surface area contributed by atoms with Crippen LogP contribution in [-0.4, -0.2) is 4.98 Å². The number of nitrogens with zero attached hydrogens (tertiary/aromatic N) is 1. The zero-order valence-corrected chi connectivity index (χ0v) is 39.6. The minimum atomic E-state index is 0.615. The van der Waals surface area contributed by atoms with Crippen molar-refractivity contribution in [2.45, 2.75) is 329 Å². The van der Waals surface area contributed by atoms with Gasteiger partial charge in [0.2, 0.25) is 0 Å². The zero-order valence-electron chi connectivity index (χ0n) is 39.6. The van der Waals surface area contributed by atoms with Crippen LogP contribution in [0, 0.1) is 0 Å². The number of hydrogen-bond acceptors (Lipinski definition) is 0. The predicted molar refractivity (Wildman–Crippen MR) is 253 cm³/mol. The van der Waals surface area contributed by atoms with Gasteiger partial charge in [0, 0.05) is 0 Å². The van der Waals surface area contributed by atoms with Gasteiger partial charge in [-0.25, -0.2) is 9.55 Å². The van der Waals surface area contributed by atoms with Crippen molar-refractivity contribution in [3.63, 3.8) is 0 Å². The van der Waals surface area contributed by atoms with E-state index >= 15 is 0 Å². The molecule has 1 heterocycles. The lowest BCUT2D eigenvalue weighted by atomic mass is 9.92. The molecule has 0 saturated heterocycles. The van der Waals surface area contributed by atoms with E-state index < -0.39 is 0 Å². The molecule has 0 aromatic carbocycles. The predicted octanol–water partition coefficient (Wildman–Crippen LogP) is 19.6. The van der Waals surface area contributed by atoms with Crippen molar-refractivity contribution >= 4 is 0 Å². The number of imidazole rings is 1. The number of aromatic amines is 1. The lowest BCUT2D eigenvalue weighted by Gasteiger charge is -2.17. The molecule has 1 aromatic heterocycles. The van der Waals surface area contributed by atoms with Gasteiger partial charge in [-0.05, 0) is 32.6 Å². The van der Waals surface area contributed by atoms with Gasteiger partial charge in [0.25, 0.3) is 5.82 Å². The summed E-state index contributed by atoms with van der Waals surface area (Å²) in [7, 11) is 0. The maximum Gasteiger partial charge on any atom is 0.257 e. The molecule has 0 aliphatic rings. The quantitative estimate of drug-likeness (QED) is 0.0502. The van der Waals surface area contributed by atoms with E-state index in [-0.39, 0.29) is 0 Å². The third-order valence-electron chi connectivity index (χ3n) is 13.4. The van der Waals surface area contributed by atoms with Crippen LogP contribution in [0.4, 0.5) is 0 Å². The van der Waals surface area contributed by atoms with E-state index in [0.29, 0.717) is 12.0 Å². The van der Waals surface area contributed by atoms with Gasteiger partial charge in [0.15, 0.2) is 0 Å². The minimum absolute atomic E-state index is 0.615. The van der Waals surface area contributed by atoms with E-state index in [1.165, 1.54) is 289 Å². The normalized spacial score (nSPS) is 12.9. The van der Waals surface area contributed by atoms with E-state index in [4.69, 9.17) is 0 Å². The highest BCUT2D eigenvalue weighted by atomic mass is 15.1. The SMILES string of the molecule is CCCCCCCCCCCCCCCCCCC(CCCCCCCCCCCCCC)c1[nH]cc[n+]1C(C)CCCCCCCCCCCCCCCC. The van der Waals surface area contributed by atoms with Gasteiger partial charge in [0.05, 0.1) is 12.0 Å². The first-order valence-electron chi connectivity index (χ1n) is 26.8. The Labute approximate surface area is 355 Å². The van der Waals surface area contributed by atoms with Gasteiger partial charge in [-0.2, -0.15) is 0 Å². The first-order chi connectivity index (χ1) is 27.7. The van der Waals surface area contributed by atoms with Crippen LogP contribution in [0.25, 0.3) is 0 Å². The summed E-state index contributed by atoms with van der Waals surface area (Å²) in [6.45, 7) is 9.45. The molecule has 2 nitrogen and oxygen atoms in total. The average molecular weight is 784 g/mol. The summed E-state index contributed by atoms with van der Waals surface area (Å²) in [5, 5.41) is 0. The molecule has 0 fully saturated rings. The van der Waals surface area contributed by atoms with Crippen LogP contribution in [0.15, 0.2) is 12.4 Å². The Balaban J connectivity index is 2.34. The van der Waals surface area contributed by atoms with Crippen LogP contribution in [-0.2, 0) is 0 Å². The van der Waals surface area contributed by atoms with E-state index in [9.17, 15) is 0 Å². The van der Waals surface area contributed by atoms with E-state index in [2.05, 4.69) is 49.6 Å². The van der Waals surface area contributed by atoms with Gasteiger partial charge < -0.3 is 0 Å². The van der Waals surface area contributed by atoms with Crippen molar-refractivity contribution in [3.05, 3.63) is 18.2 Å². The number of nitrogens with one attached hydrogen (secondary N) is 1. The molecule has 1 aromatic rings. The van der Waals surface area contributed by atoms with Gasteiger partial charge in [-0.15, -0.1) is 0 Å². The highest BCUT2D eigenvalue weighted by molar-refractivity contribution is 4.90. The summed E-state index contributed by atoms with van der Waals surface area (Å²) in [6.07, 6.45) is 69.5. The largest absolute Gasteiger partial charge is 0.257 e. The molecular weight excluding hydrogens is 677 g/mol. The molecule has 2 unspecified atom stereocenters. The van der Waals surface area contributed by atoms with Crippen molar-refractivity contribution in [1.82, 2.24) is 4.98 Å². The molecule has 0 aliphatic heterocycles. The van der Waals surface area contributed by atoms with Crippen LogP contribution in [0.5, 0.6) is 0 Å². The molecule has 2 atom stereocenters. The summed E-state index contributed by atoms with van der Waals surface area (Å²) in [5.41, 5.74) is 0. The molecule has 0 spiro atoms. The van der Waals surface area contributed by atoms with Gasteiger partial charge in [-0.3, -0.25) is 0 Å². The molecule has 1 N–H and O–H groups in total. The second kappa shape index (κ2) is 43.8. The van der Waals surface area contributed by atoms with Crippen LogP contribution in [0.1, 0.15) is 334 Å². The molecule has 0 bridgehead atoms. The first kappa shape index (κ1) is 53.2. The second-order valence-electron chi connectivity index (χ2n) is 19.0. The first-order valence-corrected chi connectivity index (χ1v) is 26.8. The topological polar surface area (TPSA) is 19.7 Å². The molecule has 0 radical (unpaired) electrons. The Morgan fingerprint density at radius 2 is 0.571 bits per heavy atom. The van der Waals surface area contributed by atoms with Crippen LogP contribution >= 0.6 is 0 Å².